The van der Waals surface area contributed by atoms with Gasteiger partial charge in [0, 0.05) is 13.0 Å². The first kappa shape index (κ1) is 14.6. The fraction of sp³-hybridized carbons (Fsp3) is 0.471. The third-order valence-electron chi connectivity index (χ3n) is 4.45. The van der Waals surface area contributed by atoms with Crippen LogP contribution in [-0.4, -0.2) is 19.2 Å². The van der Waals surface area contributed by atoms with E-state index in [0.29, 0.717) is 5.56 Å². The number of hydrogen-bond acceptors (Lipinski definition) is 3. The monoisotopic (exact) mass is 306 g/mol. The molecule has 0 spiro atoms. The van der Waals surface area contributed by atoms with Crippen LogP contribution in [0.25, 0.3) is 0 Å². The van der Waals surface area contributed by atoms with Gasteiger partial charge in [-0.15, -0.1) is 0 Å². The van der Waals surface area contributed by atoms with Gasteiger partial charge >= 0.3 is 5.97 Å². The topological polar surface area (TPSA) is 35.5 Å². The van der Waals surface area contributed by atoms with Crippen molar-refractivity contribution in [2.24, 2.45) is 5.92 Å². The van der Waals surface area contributed by atoms with Gasteiger partial charge in [-0.1, -0.05) is 48.9 Å². The lowest BCUT2D eigenvalue weighted by molar-refractivity contribution is -0.151. The third-order valence-corrected chi connectivity index (χ3v) is 5.03. The van der Waals surface area contributed by atoms with Gasteiger partial charge in [0.2, 0.25) is 0 Å². The smallest absolute Gasteiger partial charge is 0.339 e. The summed E-state index contributed by atoms with van der Waals surface area (Å²) in [4.78, 5) is 11.3. The number of esters is 1. The Balaban J connectivity index is 2.12. The summed E-state index contributed by atoms with van der Waals surface area (Å²) in [7, 11) is 1.60. The average molecular weight is 307 g/mol. The molecule has 3 unspecified atom stereocenters. The molecule has 0 aromatic heterocycles. The van der Waals surface area contributed by atoms with Gasteiger partial charge in [-0.3, -0.25) is 0 Å². The summed E-state index contributed by atoms with van der Waals surface area (Å²) in [5, 5.41) is 0. The highest BCUT2D eigenvalue weighted by Crippen LogP contribution is 2.48. The lowest BCUT2D eigenvalue weighted by Crippen LogP contribution is -2.50. The predicted octanol–water partition coefficient (Wildman–Crippen LogP) is 3.77. The number of rotatable bonds is 2. The number of carbonyl (C=O) groups excluding carboxylic acids is 1. The minimum absolute atomic E-state index is 0.243. The molecule has 0 saturated heterocycles. The highest BCUT2D eigenvalue weighted by molar-refractivity contribution is 6.35. The van der Waals surface area contributed by atoms with Crippen molar-refractivity contribution in [1.29, 1.82) is 0 Å². The van der Waals surface area contributed by atoms with Crippen LogP contribution < -0.4 is 0 Å². The molecular weight excluding hydrogens is 288 g/mol. The minimum atomic E-state index is -1.30. The first-order chi connectivity index (χ1) is 10.1. The zero-order valence-corrected chi connectivity index (χ0v) is 13.0. The molecule has 0 bridgehead atoms. The summed E-state index contributed by atoms with van der Waals surface area (Å²) in [6, 6.07) is 9.32. The standard InChI is InChI=1S/C17H19ClO3/c1-11-7-6-10-13-14(11)21-16(19)17(18,15(13)20-2)12-8-4-3-5-9-12/h3-5,8-9,11,15H,6-7,10H2,1-2H3. The van der Waals surface area contributed by atoms with Crippen molar-refractivity contribution in [3.63, 3.8) is 0 Å². The average Bonchev–Trinajstić information content (AvgIpc) is 2.50. The summed E-state index contributed by atoms with van der Waals surface area (Å²) in [6.07, 6.45) is 2.50. The Hall–Kier alpha value is -1.32. The molecule has 21 heavy (non-hydrogen) atoms. The van der Waals surface area contributed by atoms with E-state index >= 15 is 0 Å². The van der Waals surface area contributed by atoms with E-state index in [-0.39, 0.29) is 5.92 Å². The molecule has 3 atom stereocenters. The van der Waals surface area contributed by atoms with Crippen molar-refractivity contribution >= 4 is 17.6 Å². The van der Waals surface area contributed by atoms with Crippen LogP contribution in [0.2, 0.25) is 0 Å². The lowest BCUT2D eigenvalue weighted by Gasteiger charge is -2.42. The van der Waals surface area contributed by atoms with Crippen LogP contribution in [0.4, 0.5) is 0 Å². The molecule has 1 aromatic carbocycles. The second kappa shape index (κ2) is 5.47. The van der Waals surface area contributed by atoms with Crippen LogP contribution in [0.5, 0.6) is 0 Å². The molecule has 0 radical (unpaired) electrons. The van der Waals surface area contributed by atoms with E-state index in [1.165, 1.54) is 0 Å². The molecule has 0 amide bonds. The minimum Gasteiger partial charge on any atom is -0.429 e. The molecule has 0 fully saturated rings. The quantitative estimate of drug-likeness (QED) is 0.616. The maximum absolute atomic E-state index is 12.6. The van der Waals surface area contributed by atoms with E-state index in [2.05, 4.69) is 6.92 Å². The molecule has 1 aromatic rings. The zero-order valence-electron chi connectivity index (χ0n) is 12.3. The third kappa shape index (κ3) is 2.19. The van der Waals surface area contributed by atoms with Gasteiger partial charge < -0.3 is 9.47 Å². The maximum atomic E-state index is 12.6. The van der Waals surface area contributed by atoms with Gasteiger partial charge in [0.05, 0.1) is 0 Å². The molecular formula is C17H19ClO3. The van der Waals surface area contributed by atoms with E-state index in [0.717, 1.165) is 30.6 Å². The van der Waals surface area contributed by atoms with E-state index < -0.39 is 16.9 Å². The summed E-state index contributed by atoms with van der Waals surface area (Å²) >= 11 is 6.75. The summed E-state index contributed by atoms with van der Waals surface area (Å²) in [5.74, 6) is 0.576. The summed E-state index contributed by atoms with van der Waals surface area (Å²) in [6.45, 7) is 2.08. The van der Waals surface area contributed by atoms with Crippen LogP contribution in [0.1, 0.15) is 31.7 Å². The molecule has 2 aliphatic rings. The van der Waals surface area contributed by atoms with Crippen molar-refractivity contribution in [3.05, 3.63) is 47.2 Å². The van der Waals surface area contributed by atoms with Crippen molar-refractivity contribution < 1.29 is 14.3 Å². The number of alkyl halides is 1. The summed E-state index contributed by atoms with van der Waals surface area (Å²) < 4.78 is 11.3. The van der Waals surface area contributed by atoms with Gasteiger partial charge in [0.1, 0.15) is 11.9 Å². The molecule has 1 heterocycles. The van der Waals surface area contributed by atoms with Crippen LogP contribution in [0.15, 0.2) is 41.7 Å². The first-order valence-electron chi connectivity index (χ1n) is 7.31. The molecule has 0 N–H and O–H groups in total. The highest BCUT2D eigenvalue weighted by Gasteiger charge is 2.54. The normalized spacial score (nSPS) is 32.6. The molecule has 4 heteroatoms. The molecule has 112 valence electrons. The van der Waals surface area contributed by atoms with Crippen LogP contribution >= 0.6 is 11.6 Å². The fourth-order valence-electron chi connectivity index (χ4n) is 3.37. The number of carbonyl (C=O) groups is 1. The number of benzene rings is 1. The fourth-order valence-corrected chi connectivity index (χ4v) is 3.76. The Morgan fingerprint density at radius 2 is 2.05 bits per heavy atom. The van der Waals surface area contributed by atoms with E-state index in [9.17, 15) is 4.79 Å². The Labute approximate surface area is 129 Å². The van der Waals surface area contributed by atoms with Gasteiger partial charge in [0.15, 0.2) is 4.87 Å². The molecule has 1 aliphatic heterocycles. The largest absolute Gasteiger partial charge is 0.429 e. The van der Waals surface area contributed by atoms with Crippen LogP contribution in [0, 0.1) is 5.92 Å². The van der Waals surface area contributed by atoms with Gasteiger partial charge in [-0.2, -0.15) is 0 Å². The van der Waals surface area contributed by atoms with E-state index in [1.54, 1.807) is 7.11 Å². The van der Waals surface area contributed by atoms with Crippen molar-refractivity contribution in [2.45, 2.75) is 37.2 Å². The predicted molar refractivity (Wildman–Crippen MR) is 80.9 cm³/mol. The molecule has 0 saturated carbocycles. The number of halogens is 1. The molecule has 1 aliphatic carbocycles. The number of methoxy groups -OCH3 is 1. The Bertz CT molecular complexity index is 581. The van der Waals surface area contributed by atoms with Crippen molar-refractivity contribution in [2.75, 3.05) is 7.11 Å². The SMILES string of the molecule is COC1C2=C(OC(=O)C1(Cl)c1ccccc1)C(C)CCC2. The Morgan fingerprint density at radius 1 is 1.33 bits per heavy atom. The van der Waals surface area contributed by atoms with Gasteiger partial charge in [0.25, 0.3) is 0 Å². The molecule has 3 rings (SSSR count). The first-order valence-corrected chi connectivity index (χ1v) is 7.69. The van der Waals surface area contributed by atoms with E-state index in [1.807, 2.05) is 30.3 Å². The van der Waals surface area contributed by atoms with E-state index in [4.69, 9.17) is 21.1 Å². The maximum Gasteiger partial charge on any atom is 0.339 e. The van der Waals surface area contributed by atoms with Gasteiger partial charge in [-0.25, -0.2) is 4.79 Å². The van der Waals surface area contributed by atoms with Crippen molar-refractivity contribution in [1.82, 2.24) is 0 Å². The van der Waals surface area contributed by atoms with Gasteiger partial charge in [-0.05, 0) is 30.4 Å². The van der Waals surface area contributed by atoms with Crippen LogP contribution in [-0.2, 0) is 19.1 Å². The highest BCUT2D eigenvalue weighted by atomic mass is 35.5. The number of ether oxygens (including phenoxy) is 2. The Kier molecular flexibility index (Phi) is 3.80. The number of allylic oxidation sites excluding steroid dienone is 1. The van der Waals surface area contributed by atoms with Crippen molar-refractivity contribution in [3.8, 4) is 0 Å². The number of hydrogen-bond donors (Lipinski definition) is 0. The lowest BCUT2D eigenvalue weighted by atomic mass is 9.78. The second-order valence-corrected chi connectivity index (χ2v) is 6.36. The summed E-state index contributed by atoms with van der Waals surface area (Å²) in [5.41, 5.74) is 1.75. The second-order valence-electron chi connectivity index (χ2n) is 5.77. The molecule has 3 nitrogen and oxygen atoms in total. The van der Waals surface area contributed by atoms with Crippen LogP contribution in [0.3, 0.4) is 0 Å². The zero-order chi connectivity index (χ0) is 15.0. The Morgan fingerprint density at radius 3 is 2.71 bits per heavy atom.